The third kappa shape index (κ3) is 5.81. The summed E-state index contributed by atoms with van der Waals surface area (Å²) in [6.45, 7) is 6.93. The minimum Gasteiger partial charge on any atom is -0.495 e. The molecule has 2 fully saturated rings. The fourth-order valence-electron chi connectivity index (χ4n) is 4.73. The highest BCUT2D eigenvalue weighted by Crippen LogP contribution is 2.31. The average Bonchev–Trinajstić information content (AvgIpc) is 2.90. The van der Waals surface area contributed by atoms with E-state index in [4.69, 9.17) is 9.47 Å². The largest absolute Gasteiger partial charge is 0.495 e. The first kappa shape index (κ1) is 25.5. The standard InChI is InChI=1S/C25H30F5N3O2/c1-34-19-6-3-2-5-18(19)33-15-13-32(14-16-33)10-4-9-31-11-7-17(8-12-31)35-25-23(29)21(27)20(26)22(28)24(25)30/h2-3,5-6,17H,4,7-16H2,1H3. The van der Waals surface area contributed by atoms with Crippen LogP contribution < -0.4 is 14.4 Å². The summed E-state index contributed by atoms with van der Waals surface area (Å²) in [6.07, 6.45) is 1.30. The van der Waals surface area contributed by atoms with Crippen LogP contribution in [0.5, 0.6) is 11.5 Å². The highest BCUT2D eigenvalue weighted by Gasteiger charge is 2.30. The summed E-state index contributed by atoms with van der Waals surface area (Å²) in [5, 5.41) is 0. The fourth-order valence-corrected chi connectivity index (χ4v) is 4.73. The number of likely N-dealkylation sites (tertiary alicyclic amines) is 1. The summed E-state index contributed by atoms with van der Waals surface area (Å²) in [6, 6.07) is 8.03. The van der Waals surface area contributed by atoms with Gasteiger partial charge in [-0.15, -0.1) is 0 Å². The van der Waals surface area contributed by atoms with Crippen LogP contribution in [0.25, 0.3) is 0 Å². The van der Waals surface area contributed by atoms with Crippen molar-refractivity contribution in [3.05, 3.63) is 53.4 Å². The summed E-state index contributed by atoms with van der Waals surface area (Å²) < 4.78 is 78.4. The molecule has 0 spiro atoms. The molecule has 192 valence electrons. The number of ether oxygens (including phenoxy) is 2. The van der Waals surface area contributed by atoms with E-state index in [0.29, 0.717) is 25.9 Å². The van der Waals surface area contributed by atoms with Gasteiger partial charge in [0.05, 0.1) is 12.8 Å². The molecule has 5 nitrogen and oxygen atoms in total. The van der Waals surface area contributed by atoms with Crippen LogP contribution in [0.2, 0.25) is 0 Å². The molecule has 2 saturated heterocycles. The molecule has 0 bridgehead atoms. The molecule has 0 aliphatic carbocycles. The van der Waals surface area contributed by atoms with Gasteiger partial charge in [0.15, 0.2) is 5.75 Å². The van der Waals surface area contributed by atoms with E-state index in [9.17, 15) is 22.0 Å². The van der Waals surface area contributed by atoms with E-state index in [2.05, 4.69) is 20.8 Å². The van der Waals surface area contributed by atoms with Crippen LogP contribution in [0, 0.1) is 29.1 Å². The molecule has 2 aliphatic heterocycles. The molecule has 2 heterocycles. The van der Waals surface area contributed by atoms with E-state index < -0.39 is 40.9 Å². The van der Waals surface area contributed by atoms with Crippen molar-refractivity contribution in [2.75, 3.05) is 64.4 Å². The van der Waals surface area contributed by atoms with Crippen molar-refractivity contribution >= 4 is 5.69 Å². The van der Waals surface area contributed by atoms with Crippen molar-refractivity contribution < 1.29 is 31.4 Å². The van der Waals surface area contributed by atoms with Gasteiger partial charge in [0.25, 0.3) is 0 Å². The van der Waals surface area contributed by atoms with Crippen molar-refractivity contribution in [2.45, 2.75) is 25.4 Å². The molecule has 4 rings (SSSR count). The van der Waals surface area contributed by atoms with Gasteiger partial charge in [-0.25, -0.2) is 13.2 Å². The zero-order chi connectivity index (χ0) is 24.9. The van der Waals surface area contributed by atoms with Crippen LogP contribution in [-0.2, 0) is 0 Å². The Hall–Kier alpha value is -2.59. The third-order valence-corrected chi connectivity index (χ3v) is 6.74. The highest BCUT2D eigenvalue weighted by molar-refractivity contribution is 5.58. The molecule has 0 atom stereocenters. The van der Waals surface area contributed by atoms with Crippen molar-refractivity contribution in [1.29, 1.82) is 0 Å². The molecule has 0 radical (unpaired) electrons. The summed E-state index contributed by atoms with van der Waals surface area (Å²) in [7, 11) is 1.68. The molecular formula is C25H30F5N3O2. The number of hydrogen-bond donors (Lipinski definition) is 0. The number of halogens is 5. The first-order valence-corrected chi connectivity index (χ1v) is 11.9. The Bertz CT molecular complexity index is 980. The van der Waals surface area contributed by atoms with Crippen LogP contribution in [0.3, 0.4) is 0 Å². The van der Waals surface area contributed by atoms with Crippen molar-refractivity contribution in [2.24, 2.45) is 0 Å². The number of rotatable bonds is 8. The highest BCUT2D eigenvalue weighted by atomic mass is 19.2. The number of hydrogen-bond acceptors (Lipinski definition) is 5. The van der Waals surface area contributed by atoms with E-state index in [0.717, 1.165) is 57.1 Å². The van der Waals surface area contributed by atoms with Gasteiger partial charge < -0.3 is 19.3 Å². The van der Waals surface area contributed by atoms with Gasteiger partial charge >= 0.3 is 0 Å². The number of methoxy groups -OCH3 is 1. The van der Waals surface area contributed by atoms with Crippen molar-refractivity contribution in [3.63, 3.8) is 0 Å². The van der Waals surface area contributed by atoms with Crippen LogP contribution in [0.4, 0.5) is 27.6 Å². The summed E-state index contributed by atoms with van der Waals surface area (Å²) in [5.41, 5.74) is 1.12. The predicted octanol–water partition coefficient (Wildman–Crippen LogP) is 4.45. The molecule has 35 heavy (non-hydrogen) atoms. The minimum atomic E-state index is -2.18. The molecule has 0 saturated carbocycles. The Labute approximate surface area is 202 Å². The topological polar surface area (TPSA) is 28.2 Å². The van der Waals surface area contributed by atoms with Crippen LogP contribution >= 0.6 is 0 Å². The van der Waals surface area contributed by atoms with Gasteiger partial charge in [-0.05, 0) is 44.5 Å². The molecule has 0 unspecified atom stereocenters. The predicted molar refractivity (Wildman–Crippen MR) is 123 cm³/mol. The van der Waals surface area contributed by atoms with Crippen LogP contribution in [0.15, 0.2) is 24.3 Å². The third-order valence-electron chi connectivity index (χ3n) is 6.74. The second-order valence-corrected chi connectivity index (χ2v) is 8.91. The lowest BCUT2D eigenvalue weighted by Gasteiger charge is -2.37. The molecule has 2 aromatic carbocycles. The zero-order valence-corrected chi connectivity index (χ0v) is 19.7. The maximum atomic E-state index is 13.9. The van der Waals surface area contributed by atoms with E-state index >= 15 is 0 Å². The number of nitrogens with zero attached hydrogens (tertiary/aromatic N) is 3. The SMILES string of the molecule is COc1ccccc1N1CCN(CCCN2CCC(Oc3c(F)c(F)c(F)c(F)c3F)CC2)CC1. The second-order valence-electron chi connectivity index (χ2n) is 8.91. The molecule has 0 amide bonds. The number of para-hydroxylation sites is 2. The van der Waals surface area contributed by atoms with E-state index in [1.54, 1.807) is 7.11 Å². The van der Waals surface area contributed by atoms with Gasteiger partial charge in [-0.1, -0.05) is 12.1 Å². The maximum Gasteiger partial charge on any atom is 0.207 e. The maximum absolute atomic E-state index is 13.9. The monoisotopic (exact) mass is 499 g/mol. The first-order chi connectivity index (χ1) is 16.9. The van der Waals surface area contributed by atoms with Gasteiger partial charge in [0.2, 0.25) is 29.1 Å². The lowest BCUT2D eigenvalue weighted by atomic mass is 10.1. The Kier molecular flexibility index (Phi) is 8.33. The van der Waals surface area contributed by atoms with Crippen molar-refractivity contribution in [3.8, 4) is 11.5 Å². The first-order valence-electron chi connectivity index (χ1n) is 11.9. The minimum absolute atomic E-state index is 0.455. The van der Waals surface area contributed by atoms with Gasteiger partial charge in [0.1, 0.15) is 11.9 Å². The average molecular weight is 500 g/mol. The number of benzene rings is 2. The molecule has 2 aliphatic rings. The molecular weight excluding hydrogens is 469 g/mol. The summed E-state index contributed by atoms with van der Waals surface area (Å²) in [4.78, 5) is 7.01. The molecule has 2 aromatic rings. The molecule has 10 heteroatoms. The number of piperazine rings is 1. The number of piperidine rings is 1. The lowest BCUT2D eigenvalue weighted by molar-refractivity contribution is 0.0884. The van der Waals surface area contributed by atoms with E-state index in [-0.39, 0.29) is 0 Å². The van der Waals surface area contributed by atoms with Crippen LogP contribution in [0.1, 0.15) is 19.3 Å². The Morgan fingerprint density at radius 2 is 1.29 bits per heavy atom. The smallest absolute Gasteiger partial charge is 0.207 e. The van der Waals surface area contributed by atoms with E-state index in [1.807, 2.05) is 18.2 Å². The Morgan fingerprint density at radius 3 is 1.89 bits per heavy atom. The van der Waals surface area contributed by atoms with Crippen molar-refractivity contribution in [1.82, 2.24) is 9.80 Å². The Balaban J connectivity index is 1.17. The molecule has 0 N–H and O–H groups in total. The summed E-state index contributed by atoms with van der Waals surface area (Å²) in [5.74, 6) is -10.3. The fraction of sp³-hybridized carbons (Fsp3) is 0.520. The van der Waals surface area contributed by atoms with Gasteiger partial charge in [-0.3, -0.25) is 4.90 Å². The second kappa shape index (κ2) is 11.4. The lowest BCUT2D eigenvalue weighted by Crippen LogP contribution is -2.47. The zero-order valence-electron chi connectivity index (χ0n) is 19.7. The summed E-state index contributed by atoms with van der Waals surface area (Å²) >= 11 is 0. The molecule has 0 aromatic heterocycles. The van der Waals surface area contributed by atoms with Gasteiger partial charge in [-0.2, -0.15) is 8.78 Å². The normalized spacial score (nSPS) is 18.2. The van der Waals surface area contributed by atoms with Crippen LogP contribution in [-0.4, -0.2) is 75.4 Å². The number of anilines is 1. The van der Waals surface area contributed by atoms with Gasteiger partial charge in [0, 0.05) is 39.3 Å². The Morgan fingerprint density at radius 1 is 0.743 bits per heavy atom. The quantitative estimate of drug-likeness (QED) is 0.304. The van der Waals surface area contributed by atoms with E-state index in [1.165, 1.54) is 0 Å².